The molecule has 0 aliphatic rings. The molecule has 0 saturated heterocycles. The van der Waals surface area contributed by atoms with E-state index >= 15 is 0 Å². The number of phenolic OH excluding ortho intramolecular Hbond substituents is 2. The molecule has 0 heterocycles. The predicted octanol–water partition coefficient (Wildman–Crippen LogP) is 4.45. The third-order valence-corrected chi connectivity index (χ3v) is 3.90. The fraction of sp³-hybridized carbons (Fsp3) is 0.333. The highest BCUT2D eigenvalue weighted by Gasteiger charge is 2.21. The molecule has 0 radical (unpaired) electrons. The molecule has 0 fully saturated rings. The Morgan fingerprint density at radius 1 is 0.700 bits per heavy atom. The first-order valence-corrected chi connectivity index (χ1v) is 7.29. The number of hydrogen-bond acceptors (Lipinski definition) is 2. The van der Waals surface area contributed by atoms with Gasteiger partial charge in [-0.1, -0.05) is 51.1 Å². The van der Waals surface area contributed by atoms with Gasteiger partial charge in [0.2, 0.25) is 0 Å². The molecule has 0 spiro atoms. The van der Waals surface area contributed by atoms with Crippen LogP contribution in [-0.4, -0.2) is 10.2 Å². The van der Waals surface area contributed by atoms with Crippen molar-refractivity contribution in [2.24, 2.45) is 0 Å². The molecule has 0 aromatic heterocycles. The van der Waals surface area contributed by atoms with E-state index in [4.69, 9.17) is 0 Å². The van der Waals surface area contributed by atoms with E-state index < -0.39 is 0 Å². The average molecular weight is 270 g/mol. The lowest BCUT2D eigenvalue weighted by Crippen LogP contribution is -2.02. The molecular formula is C18H22O2. The second-order valence-electron chi connectivity index (χ2n) is 4.93. The third-order valence-electron chi connectivity index (χ3n) is 3.90. The first kappa shape index (κ1) is 14.4. The molecular weight excluding hydrogens is 248 g/mol. The molecule has 0 bridgehead atoms. The van der Waals surface area contributed by atoms with Crippen molar-refractivity contribution in [2.45, 2.75) is 40.0 Å². The molecule has 2 rings (SSSR count). The highest BCUT2D eigenvalue weighted by atomic mass is 16.3. The summed E-state index contributed by atoms with van der Waals surface area (Å²) in [5.41, 5.74) is 4.92. The maximum absolute atomic E-state index is 10.4. The Hall–Kier alpha value is -1.96. The second-order valence-corrected chi connectivity index (χ2v) is 4.93. The van der Waals surface area contributed by atoms with Crippen molar-refractivity contribution in [1.82, 2.24) is 0 Å². The van der Waals surface area contributed by atoms with Gasteiger partial charge in [-0.2, -0.15) is 0 Å². The first-order valence-electron chi connectivity index (χ1n) is 7.29. The quantitative estimate of drug-likeness (QED) is 0.806. The van der Waals surface area contributed by atoms with Crippen LogP contribution in [0.2, 0.25) is 0 Å². The van der Waals surface area contributed by atoms with Gasteiger partial charge in [0.05, 0.1) is 0 Å². The van der Waals surface area contributed by atoms with E-state index in [0.29, 0.717) is 0 Å². The zero-order valence-electron chi connectivity index (χ0n) is 12.4. The lowest BCUT2D eigenvalue weighted by molar-refractivity contribution is 0.400. The summed E-state index contributed by atoms with van der Waals surface area (Å²) in [4.78, 5) is 0. The molecule has 0 unspecified atom stereocenters. The van der Waals surface area contributed by atoms with E-state index in [1.807, 2.05) is 37.3 Å². The summed E-state index contributed by atoms with van der Waals surface area (Å²) < 4.78 is 0. The molecule has 0 saturated carbocycles. The molecule has 2 heteroatoms. The van der Waals surface area contributed by atoms with E-state index in [1.54, 1.807) is 0 Å². The van der Waals surface area contributed by atoms with Gasteiger partial charge in [0.15, 0.2) is 11.5 Å². The van der Waals surface area contributed by atoms with E-state index in [9.17, 15) is 10.2 Å². The Balaban J connectivity index is 2.84. The number of aromatic hydroxyl groups is 2. The maximum atomic E-state index is 10.4. The fourth-order valence-corrected chi connectivity index (χ4v) is 2.99. The Morgan fingerprint density at radius 2 is 1.25 bits per heavy atom. The van der Waals surface area contributed by atoms with Crippen LogP contribution in [0.4, 0.5) is 0 Å². The monoisotopic (exact) mass is 270 g/mol. The van der Waals surface area contributed by atoms with Crippen LogP contribution in [0.1, 0.15) is 37.5 Å². The standard InChI is InChI=1S/C18H22O2/c1-4-13-14(5-2)16(12-10-8-7-9-11-12)18(20)17(19)15(13)6-3/h7-11,19-20H,4-6H2,1-3H3. The summed E-state index contributed by atoms with van der Waals surface area (Å²) in [5.74, 6) is 0.0579. The average Bonchev–Trinajstić information content (AvgIpc) is 2.49. The summed E-state index contributed by atoms with van der Waals surface area (Å²) in [7, 11) is 0. The SMILES string of the molecule is CCc1c(O)c(O)c(-c2ccccc2)c(CC)c1CC. The molecule has 0 atom stereocenters. The smallest absolute Gasteiger partial charge is 0.166 e. The molecule has 2 aromatic carbocycles. The van der Waals surface area contributed by atoms with Crippen LogP contribution in [0.15, 0.2) is 30.3 Å². The largest absolute Gasteiger partial charge is 0.504 e. The van der Waals surface area contributed by atoms with Crippen LogP contribution in [-0.2, 0) is 19.3 Å². The summed E-state index contributed by atoms with van der Waals surface area (Å²) in [6, 6.07) is 9.79. The topological polar surface area (TPSA) is 40.5 Å². The lowest BCUT2D eigenvalue weighted by Gasteiger charge is -2.20. The van der Waals surface area contributed by atoms with Crippen molar-refractivity contribution in [3.8, 4) is 22.6 Å². The summed E-state index contributed by atoms with van der Waals surface area (Å²) in [5, 5.41) is 20.8. The van der Waals surface area contributed by atoms with Crippen LogP contribution in [0.25, 0.3) is 11.1 Å². The Labute approximate surface area is 120 Å². The third kappa shape index (κ3) is 2.26. The fourth-order valence-electron chi connectivity index (χ4n) is 2.99. The Morgan fingerprint density at radius 3 is 1.75 bits per heavy atom. The lowest BCUT2D eigenvalue weighted by atomic mass is 9.87. The maximum Gasteiger partial charge on any atom is 0.166 e. The summed E-state index contributed by atoms with van der Waals surface area (Å²) >= 11 is 0. The summed E-state index contributed by atoms with van der Waals surface area (Å²) in [6.07, 6.45) is 2.43. The van der Waals surface area contributed by atoms with Crippen molar-refractivity contribution in [2.75, 3.05) is 0 Å². The molecule has 0 aliphatic carbocycles. The molecule has 0 amide bonds. The van der Waals surface area contributed by atoms with Crippen molar-refractivity contribution in [3.63, 3.8) is 0 Å². The minimum absolute atomic E-state index is 0.0158. The van der Waals surface area contributed by atoms with Crippen molar-refractivity contribution >= 4 is 0 Å². The van der Waals surface area contributed by atoms with Crippen LogP contribution in [0, 0.1) is 0 Å². The van der Waals surface area contributed by atoms with Gasteiger partial charge in [0.25, 0.3) is 0 Å². The zero-order valence-corrected chi connectivity index (χ0v) is 12.4. The number of phenols is 2. The van der Waals surface area contributed by atoms with Crippen LogP contribution in [0.5, 0.6) is 11.5 Å². The number of hydrogen-bond donors (Lipinski definition) is 2. The molecule has 0 aliphatic heterocycles. The van der Waals surface area contributed by atoms with Crippen LogP contribution >= 0.6 is 0 Å². The Kier molecular flexibility index (Phi) is 4.33. The predicted molar refractivity (Wildman–Crippen MR) is 83.3 cm³/mol. The van der Waals surface area contributed by atoms with Crippen molar-refractivity contribution < 1.29 is 10.2 Å². The Bertz CT molecular complexity index is 601. The summed E-state index contributed by atoms with van der Waals surface area (Å²) in [6.45, 7) is 6.20. The van der Waals surface area contributed by atoms with E-state index in [-0.39, 0.29) is 11.5 Å². The number of benzene rings is 2. The molecule has 2 nitrogen and oxygen atoms in total. The van der Waals surface area contributed by atoms with Gasteiger partial charge in [0, 0.05) is 11.1 Å². The molecule has 2 N–H and O–H groups in total. The highest BCUT2D eigenvalue weighted by molar-refractivity contribution is 5.79. The molecule has 2 aromatic rings. The van der Waals surface area contributed by atoms with Gasteiger partial charge < -0.3 is 10.2 Å². The van der Waals surface area contributed by atoms with Crippen molar-refractivity contribution in [1.29, 1.82) is 0 Å². The van der Waals surface area contributed by atoms with Gasteiger partial charge in [-0.05, 0) is 36.0 Å². The van der Waals surface area contributed by atoms with Crippen LogP contribution < -0.4 is 0 Å². The first-order chi connectivity index (χ1) is 9.65. The van der Waals surface area contributed by atoms with Gasteiger partial charge in [-0.15, -0.1) is 0 Å². The van der Waals surface area contributed by atoms with E-state index in [1.165, 1.54) is 5.56 Å². The minimum Gasteiger partial charge on any atom is -0.504 e. The van der Waals surface area contributed by atoms with Gasteiger partial charge in [-0.25, -0.2) is 0 Å². The van der Waals surface area contributed by atoms with Gasteiger partial charge >= 0.3 is 0 Å². The minimum atomic E-state index is 0.0158. The normalized spacial score (nSPS) is 10.8. The van der Waals surface area contributed by atoms with E-state index in [0.717, 1.165) is 41.5 Å². The van der Waals surface area contributed by atoms with Gasteiger partial charge in [-0.3, -0.25) is 0 Å². The second kappa shape index (κ2) is 6.00. The highest BCUT2D eigenvalue weighted by Crippen LogP contribution is 2.44. The van der Waals surface area contributed by atoms with Crippen LogP contribution in [0.3, 0.4) is 0 Å². The van der Waals surface area contributed by atoms with E-state index in [2.05, 4.69) is 13.8 Å². The molecule has 20 heavy (non-hydrogen) atoms. The molecule has 106 valence electrons. The van der Waals surface area contributed by atoms with Crippen molar-refractivity contribution in [3.05, 3.63) is 47.0 Å². The number of rotatable bonds is 4. The zero-order chi connectivity index (χ0) is 14.7. The van der Waals surface area contributed by atoms with Gasteiger partial charge in [0.1, 0.15) is 0 Å².